The first kappa shape index (κ1) is 22.8. The number of anilines is 1. The predicted octanol–water partition coefficient (Wildman–Crippen LogP) is 2.42. The summed E-state index contributed by atoms with van der Waals surface area (Å²) in [6.07, 6.45) is 0.852. The number of halogens is 1. The van der Waals surface area contributed by atoms with Gasteiger partial charge in [-0.3, -0.25) is 19.3 Å². The van der Waals surface area contributed by atoms with Crippen LogP contribution in [0.25, 0.3) is 0 Å². The van der Waals surface area contributed by atoms with Crippen molar-refractivity contribution in [2.24, 2.45) is 0 Å². The van der Waals surface area contributed by atoms with Gasteiger partial charge in [0.25, 0.3) is 5.91 Å². The first-order valence-electron chi connectivity index (χ1n) is 10.4. The highest BCUT2D eigenvalue weighted by Crippen LogP contribution is 2.15. The van der Waals surface area contributed by atoms with E-state index in [-0.39, 0.29) is 30.8 Å². The van der Waals surface area contributed by atoms with Crippen molar-refractivity contribution in [2.75, 3.05) is 44.6 Å². The minimum atomic E-state index is -0.335. The summed E-state index contributed by atoms with van der Waals surface area (Å²) in [5.74, 6) is -0.538. The van der Waals surface area contributed by atoms with Crippen LogP contribution in [-0.4, -0.2) is 66.8 Å². The van der Waals surface area contributed by atoms with Crippen molar-refractivity contribution >= 4 is 35.0 Å². The van der Waals surface area contributed by atoms with Crippen LogP contribution in [0.15, 0.2) is 48.5 Å². The molecule has 0 aromatic heterocycles. The third kappa shape index (κ3) is 6.54. The third-order valence-corrected chi connectivity index (χ3v) is 5.49. The summed E-state index contributed by atoms with van der Waals surface area (Å²) < 4.78 is 0. The number of aryl methyl sites for hydroxylation is 1. The third-order valence-electron chi connectivity index (χ3n) is 5.25. The van der Waals surface area contributed by atoms with Crippen LogP contribution in [0.3, 0.4) is 0 Å². The van der Waals surface area contributed by atoms with Crippen molar-refractivity contribution in [1.29, 1.82) is 0 Å². The number of nitrogens with one attached hydrogen (secondary N) is 2. The minimum absolute atomic E-state index is 0.0607. The van der Waals surface area contributed by atoms with Crippen LogP contribution < -0.4 is 10.6 Å². The molecular formula is C23H27ClN4O3. The fraction of sp³-hybridized carbons (Fsp3) is 0.348. The second-order valence-corrected chi connectivity index (χ2v) is 7.85. The lowest BCUT2D eigenvalue weighted by atomic mass is 10.1. The molecule has 0 bridgehead atoms. The van der Waals surface area contributed by atoms with Gasteiger partial charge in [0.1, 0.15) is 0 Å². The number of benzene rings is 2. The fourth-order valence-electron chi connectivity index (χ4n) is 3.50. The summed E-state index contributed by atoms with van der Waals surface area (Å²) in [6, 6.07) is 14.4. The zero-order valence-corrected chi connectivity index (χ0v) is 18.3. The quantitative estimate of drug-likeness (QED) is 0.690. The number of carbonyl (C=O) groups excluding carboxylic acids is 3. The molecule has 1 aliphatic heterocycles. The molecule has 1 fully saturated rings. The van der Waals surface area contributed by atoms with Gasteiger partial charge >= 0.3 is 0 Å². The van der Waals surface area contributed by atoms with Gasteiger partial charge in [-0.1, -0.05) is 42.8 Å². The summed E-state index contributed by atoms with van der Waals surface area (Å²) in [6.45, 7) is 4.52. The molecule has 1 saturated heterocycles. The van der Waals surface area contributed by atoms with Gasteiger partial charge in [-0.05, 0) is 36.2 Å². The molecule has 0 saturated carbocycles. The van der Waals surface area contributed by atoms with E-state index >= 15 is 0 Å². The number of nitrogens with zero attached hydrogens (tertiary/aromatic N) is 2. The van der Waals surface area contributed by atoms with Crippen molar-refractivity contribution < 1.29 is 14.4 Å². The molecule has 2 aromatic rings. The summed E-state index contributed by atoms with van der Waals surface area (Å²) in [4.78, 5) is 40.7. The molecule has 0 radical (unpaired) electrons. The minimum Gasteiger partial charge on any atom is -0.343 e. The van der Waals surface area contributed by atoms with Gasteiger partial charge in [0.05, 0.1) is 13.1 Å². The molecule has 3 rings (SSSR count). The van der Waals surface area contributed by atoms with Crippen LogP contribution in [0.1, 0.15) is 22.8 Å². The summed E-state index contributed by atoms with van der Waals surface area (Å²) in [5.41, 5.74) is 2.37. The molecule has 3 amide bonds. The lowest BCUT2D eigenvalue weighted by molar-refractivity contribution is -0.132. The Balaban J connectivity index is 1.41. The van der Waals surface area contributed by atoms with E-state index in [1.807, 2.05) is 29.2 Å². The highest BCUT2D eigenvalue weighted by atomic mass is 35.5. The normalized spacial score (nSPS) is 14.2. The maximum Gasteiger partial charge on any atom is 0.251 e. The average molecular weight is 443 g/mol. The maximum atomic E-state index is 12.4. The molecule has 2 N–H and O–H groups in total. The van der Waals surface area contributed by atoms with Crippen molar-refractivity contribution in [3.63, 3.8) is 0 Å². The lowest BCUT2D eigenvalue weighted by Gasteiger charge is -2.34. The first-order valence-corrected chi connectivity index (χ1v) is 10.8. The van der Waals surface area contributed by atoms with Crippen LogP contribution in [0.5, 0.6) is 0 Å². The molecule has 7 nitrogen and oxygen atoms in total. The molecule has 1 aliphatic rings. The van der Waals surface area contributed by atoms with Gasteiger partial charge in [-0.25, -0.2) is 0 Å². The number of amides is 3. The summed E-state index contributed by atoms with van der Waals surface area (Å²) >= 11 is 5.90. The Bertz CT molecular complexity index is 942. The van der Waals surface area contributed by atoms with Crippen molar-refractivity contribution in [1.82, 2.24) is 15.1 Å². The van der Waals surface area contributed by atoms with Crippen LogP contribution >= 0.6 is 11.6 Å². The van der Waals surface area contributed by atoms with E-state index in [1.54, 1.807) is 29.2 Å². The second-order valence-electron chi connectivity index (χ2n) is 7.41. The van der Waals surface area contributed by atoms with Gasteiger partial charge in [0.2, 0.25) is 11.8 Å². The highest BCUT2D eigenvalue weighted by molar-refractivity contribution is 6.31. The molecule has 0 unspecified atom stereocenters. The maximum absolute atomic E-state index is 12.4. The number of hydrogen-bond acceptors (Lipinski definition) is 4. The number of piperazine rings is 1. The standard InChI is InChI=1S/C23H27ClN4O3/c1-2-17-6-3-4-9-20(17)26-21(29)16-27-10-12-28(13-11-27)22(30)15-25-23(31)18-7-5-8-19(24)14-18/h3-9,14H,2,10-13,15-16H2,1H3,(H,25,31)(H,26,29). The fourth-order valence-corrected chi connectivity index (χ4v) is 3.69. The number of rotatable bonds is 7. The zero-order chi connectivity index (χ0) is 22.2. The van der Waals surface area contributed by atoms with Gasteiger partial charge < -0.3 is 15.5 Å². The topological polar surface area (TPSA) is 81.8 Å². The molecule has 31 heavy (non-hydrogen) atoms. The van der Waals surface area contributed by atoms with Gasteiger partial charge in [-0.2, -0.15) is 0 Å². The lowest BCUT2D eigenvalue weighted by Crippen LogP contribution is -2.52. The Hall–Kier alpha value is -2.90. The van der Waals surface area contributed by atoms with Gasteiger partial charge in [-0.15, -0.1) is 0 Å². The zero-order valence-electron chi connectivity index (χ0n) is 17.6. The Morgan fingerprint density at radius 2 is 1.74 bits per heavy atom. The van der Waals surface area contributed by atoms with Gasteiger partial charge in [0.15, 0.2) is 0 Å². The van der Waals surface area contributed by atoms with Crippen molar-refractivity contribution in [3.05, 3.63) is 64.7 Å². The van der Waals surface area contributed by atoms with E-state index in [1.165, 1.54) is 0 Å². The summed E-state index contributed by atoms with van der Waals surface area (Å²) in [5, 5.41) is 6.08. The number of hydrogen-bond donors (Lipinski definition) is 2. The largest absolute Gasteiger partial charge is 0.343 e. The van der Waals surface area contributed by atoms with E-state index < -0.39 is 0 Å². The Morgan fingerprint density at radius 3 is 2.45 bits per heavy atom. The first-order chi connectivity index (χ1) is 15.0. The van der Waals surface area contributed by atoms with Crippen LogP contribution in [0.2, 0.25) is 5.02 Å². The molecule has 0 aliphatic carbocycles. The Kier molecular flexibility index (Phi) is 8.03. The number of para-hydroxylation sites is 1. The predicted molar refractivity (Wildman–Crippen MR) is 121 cm³/mol. The van der Waals surface area contributed by atoms with E-state index in [0.29, 0.717) is 36.8 Å². The monoisotopic (exact) mass is 442 g/mol. The molecule has 164 valence electrons. The average Bonchev–Trinajstić information content (AvgIpc) is 2.78. The second kappa shape index (κ2) is 10.9. The SMILES string of the molecule is CCc1ccccc1NC(=O)CN1CCN(C(=O)CNC(=O)c2cccc(Cl)c2)CC1. The molecular weight excluding hydrogens is 416 g/mol. The molecule has 2 aromatic carbocycles. The van der Waals surface area contributed by atoms with E-state index in [2.05, 4.69) is 17.6 Å². The van der Waals surface area contributed by atoms with Crippen LogP contribution in [-0.2, 0) is 16.0 Å². The van der Waals surface area contributed by atoms with Crippen LogP contribution in [0, 0.1) is 0 Å². The molecule has 1 heterocycles. The Morgan fingerprint density at radius 1 is 1.00 bits per heavy atom. The highest BCUT2D eigenvalue weighted by Gasteiger charge is 2.23. The molecule has 8 heteroatoms. The summed E-state index contributed by atoms with van der Waals surface area (Å²) in [7, 11) is 0. The van der Waals surface area contributed by atoms with E-state index in [4.69, 9.17) is 11.6 Å². The van der Waals surface area contributed by atoms with Gasteiger partial charge in [0, 0.05) is 42.5 Å². The van der Waals surface area contributed by atoms with Crippen molar-refractivity contribution in [3.8, 4) is 0 Å². The van der Waals surface area contributed by atoms with Crippen molar-refractivity contribution in [2.45, 2.75) is 13.3 Å². The van der Waals surface area contributed by atoms with Crippen LogP contribution in [0.4, 0.5) is 5.69 Å². The smallest absolute Gasteiger partial charge is 0.251 e. The molecule has 0 atom stereocenters. The Labute approximate surface area is 187 Å². The number of carbonyl (C=O) groups is 3. The van der Waals surface area contributed by atoms with E-state index in [9.17, 15) is 14.4 Å². The van der Waals surface area contributed by atoms with E-state index in [0.717, 1.165) is 17.7 Å². The molecule has 0 spiro atoms.